The van der Waals surface area contributed by atoms with Crippen molar-refractivity contribution in [3.05, 3.63) is 23.9 Å². The average Bonchev–Trinajstić information content (AvgIpc) is 2.54. The molecular weight excluding hydrogens is 282 g/mol. The quantitative estimate of drug-likeness (QED) is 0.790. The van der Waals surface area contributed by atoms with E-state index in [4.69, 9.17) is 4.74 Å². The van der Waals surface area contributed by atoms with Crippen molar-refractivity contribution in [2.45, 2.75) is 19.8 Å². The number of aromatic nitrogens is 1. The summed E-state index contributed by atoms with van der Waals surface area (Å²) in [5.41, 5.74) is 0.413. The minimum atomic E-state index is -0.227. The van der Waals surface area contributed by atoms with Gasteiger partial charge in [-0.1, -0.05) is 6.07 Å². The van der Waals surface area contributed by atoms with Crippen molar-refractivity contribution in [2.24, 2.45) is 5.92 Å². The molecular formula is C16H23N3O3. The molecule has 1 saturated heterocycles. The highest BCUT2D eigenvalue weighted by molar-refractivity contribution is 5.93. The highest BCUT2D eigenvalue weighted by Gasteiger charge is 2.30. The third-order valence-corrected chi connectivity index (χ3v) is 3.74. The number of hydrogen-bond donors (Lipinski definition) is 0. The molecule has 6 heteroatoms. The molecule has 1 fully saturated rings. The molecule has 0 saturated carbocycles. The van der Waals surface area contributed by atoms with Gasteiger partial charge in [0.05, 0.1) is 12.5 Å². The molecule has 22 heavy (non-hydrogen) atoms. The number of nitrogens with zero attached hydrogens (tertiary/aromatic N) is 3. The van der Waals surface area contributed by atoms with Crippen molar-refractivity contribution in [3.8, 4) is 0 Å². The van der Waals surface area contributed by atoms with Crippen LogP contribution in [0.25, 0.3) is 0 Å². The molecule has 6 nitrogen and oxygen atoms in total. The van der Waals surface area contributed by atoms with Gasteiger partial charge in [-0.2, -0.15) is 0 Å². The molecule has 0 aromatic carbocycles. The molecule has 0 N–H and O–H groups in total. The fraction of sp³-hybridized carbons (Fsp3) is 0.562. The first-order valence-electron chi connectivity index (χ1n) is 7.63. The van der Waals surface area contributed by atoms with Crippen LogP contribution < -0.4 is 4.90 Å². The van der Waals surface area contributed by atoms with Crippen LogP contribution in [0.4, 0.5) is 5.82 Å². The number of esters is 1. The van der Waals surface area contributed by atoms with Crippen LogP contribution in [0, 0.1) is 5.92 Å². The zero-order valence-electron chi connectivity index (χ0n) is 13.4. The van der Waals surface area contributed by atoms with Crippen LogP contribution in [-0.2, 0) is 9.53 Å². The second kappa shape index (κ2) is 7.24. The molecule has 120 valence electrons. The zero-order valence-corrected chi connectivity index (χ0v) is 13.4. The van der Waals surface area contributed by atoms with E-state index in [0.717, 1.165) is 18.7 Å². The minimum absolute atomic E-state index is 0.127. The number of anilines is 1. The van der Waals surface area contributed by atoms with Gasteiger partial charge in [-0.3, -0.25) is 9.59 Å². The van der Waals surface area contributed by atoms with Gasteiger partial charge < -0.3 is 14.5 Å². The summed E-state index contributed by atoms with van der Waals surface area (Å²) in [5, 5.41) is 0. The topological polar surface area (TPSA) is 62.7 Å². The maximum atomic E-state index is 12.6. The molecule has 2 rings (SSSR count). The standard InChI is InChI=1S/C16H23N3O3/c1-4-22-16(21)12-7-6-10-19(11-12)15(20)13-8-5-9-14(17-13)18(2)3/h5,8-9,12H,4,6-7,10-11H2,1-3H3. The Balaban J connectivity index is 2.08. The number of pyridine rings is 1. The van der Waals surface area contributed by atoms with E-state index < -0.39 is 0 Å². The number of rotatable bonds is 4. The third kappa shape index (κ3) is 3.75. The monoisotopic (exact) mass is 305 g/mol. The van der Waals surface area contributed by atoms with Gasteiger partial charge >= 0.3 is 5.97 Å². The number of ether oxygens (including phenoxy) is 1. The predicted octanol–water partition coefficient (Wildman–Crippen LogP) is 1.56. The van der Waals surface area contributed by atoms with E-state index in [0.29, 0.717) is 25.4 Å². The Hall–Kier alpha value is -2.11. The number of carbonyl (C=O) groups excluding carboxylic acids is 2. The molecule has 1 unspecified atom stereocenters. The average molecular weight is 305 g/mol. The fourth-order valence-corrected chi connectivity index (χ4v) is 2.57. The van der Waals surface area contributed by atoms with Gasteiger partial charge in [0.15, 0.2) is 0 Å². The molecule has 1 aliphatic heterocycles. The lowest BCUT2D eigenvalue weighted by Crippen LogP contribution is -2.43. The van der Waals surface area contributed by atoms with Crippen LogP contribution >= 0.6 is 0 Å². The molecule has 0 spiro atoms. The number of hydrogen-bond acceptors (Lipinski definition) is 5. The van der Waals surface area contributed by atoms with Crippen molar-refractivity contribution in [3.63, 3.8) is 0 Å². The molecule has 0 bridgehead atoms. The van der Waals surface area contributed by atoms with Crippen LogP contribution in [0.1, 0.15) is 30.3 Å². The van der Waals surface area contributed by atoms with Gasteiger partial charge in [0.1, 0.15) is 11.5 Å². The first-order valence-corrected chi connectivity index (χ1v) is 7.63. The summed E-state index contributed by atoms with van der Waals surface area (Å²) >= 11 is 0. The number of carbonyl (C=O) groups is 2. The lowest BCUT2D eigenvalue weighted by molar-refractivity contribution is -0.149. The SMILES string of the molecule is CCOC(=O)C1CCCN(C(=O)c2cccc(N(C)C)n2)C1. The summed E-state index contributed by atoms with van der Waals surface area (Å²) in [5.74, 6) is 0.173. The normalized spacial score (nSPS) is 18.0. The highest BCUT2D eigenvalue weighted by Crippen LogP contribution is 2.20. The molecule has 1 aromatic heterocycles. The largest absolute Gasteiger partial charge is 0.466 e. The van der Waals surface area contributed by atoms with Gasteiger partial charge in [-0.15, -0.1) is 0 Å². The van der Waals surface area contributed by atoms with Crippen LogP contribution in [0.15, 0.2) is 18.2 Å². The Kier molecular flexibility index (Phi) is 5.35. The molecule has 1 aliphatic rings. The maximum Gasteiger partial charge on any atom is 0.310 e. The Morgan fingerprint density at radius 1 is 1.41 bits per heavy atom. The molecule has 1 amide bonds. The summed E-state index contributed by atoms with van der Waals surface area (Å²) in [6.45, 7) is 3.23. The summed E-state index contributed by atoms with van der Waals surface area (Å²) in [7, 11) is 3.77. The van der Waals surface area contributed by atoms with E-state index >= 15 is 0 Å². The van der Waals surface area contributed by atoms with Crippen LogP contribution in [0.3, 0.4) is 0 Å². The summed E-state index contributed by atoms with van der Waals surface area (Å²) in [4.78, 5) is 32.4. The number of likely N-dealkylation sites (tertiary alicyclic amines) is 1. The van der Waals surface area contributed by atoms with Gasteiger partial charge in [0.2, 0.25) is 0 Å². The van der Waals surface area contributed by atoms with Crippen LogP contribution in [0.2, 0.25) is 0 Å². The number of amides is 1. The zero-order chi connectivity index (χ0) is 16.1. The maximum absolute atomic E-state index is 12.6. The van der Waals surface area contributed by atoms with E-state index in [-0.39, 0.29) is 17.8 Å². The molecule has 1 atom stereocenters. The molecule has 1 aromatic rings. The Morgan fingerprint density at radius 3 is 2.86 bits per heavy atom. The summed E-state index contributed by atoms with van der Waals surface area (Å²) in [6.07, 6.45) is 1.58. The van der Waals surface area contributed by atoms with Crippen molar-refractivity contribution < 1.29 is 14.3 Å². The fourth-order valence-electron chi connectivity index (χ4n) is 2.57. The molecule has 2 heterocycles. The van der Waals surface area contributed by atoms with Crippen LogP contribution in [0.5, 0.6) is 0 Å². The molecule has 0 radical (unpaired) electrons. The van der Waals surface area contributed by atoms with Crippen molar-refractivity contribution in [1.29, 1.82) is 0 Å². The van der Waals surface area contributed by atoms with Gasteiger partial charge in [-0.25, -0.2) is 4.98 Å². The number of piperidine rings is 1. The second-order valence-electron chi connectivity index (χ2n) is 5.62. The Labute approximate surface area is 131 Å². The smallest absolute Gasteiger partial charge is 0.310 e. The second-order valence-corrected chi connectivity index (χ2v) is 5.62. The summed E-state index contributed by atoms with van der Waals surface area (Å²) in [6, 6.07) is 5.39. The first-order chi connectivity index (χ1) is 10.5. The predicted molar refractivity (Wildman–Crippen MR) is 83.8 cm³/mol. The first kappa shape index (κ1) is 16.3. The lowest BCUT2D eigenvalue weighted by Gasteiger charge is -2.31. The highest BCUT2D eigenvalue weighted by atomic mass is 16.5. The van der Waals surface area contributed by atoms with Crippen molar-refractivity contribution in [2.75, 3.05) is 38.7 Å². The van der Waals surface area contributed by atoms with Crippen LogP contribution in [-0.4, -0.2) is 55.6 Å². The summed E-state index contributed by atoms with van der Waals surface area (Å²) < 4.78 is 5.07. The van der Waals surface area contributed by atoms with E-state index in [2.05, 4.69) is 4.98 Å². The van der Waals surface area contributed by atoms with Gasteiger partial charge in [-0.05, 0) is 31.9 Å². The van der Waals surface area contributed by atoms with E-state index in [1.54, 1.807) is 17.9 Å². The lowest BCUT2D eigenvalue weighted by atomic mass is 9.98. The van der Waals surface area contributed by atoms with Gasteiger partial charge in [0.25, 0.3) is 5.91 Å². The van der Waals surface area contributed by atoms with E-state index in [1.165, 1.54) is 0 Å². The molecule has 0 aliphatic carbocycles. The minimum Gasteiger partial charge on any atom is -0.466 e. The van der Waals surface area contributed by atoms with E-state index in [9.17, 15) is 9.59 Å². The Morgan fingerprint density at radius 2 is 2.18 bits per heavy atom. The van der Waals surface area contributed by atoms with Gasteiger partial charge in [0, 0.05) is 27.2 Å². The third-order valence-electron chi connectivity index (χ3n) is 3.74. The van der Waals surface area contributed by atoms with Crippen molar-refractivity contribution in [1.82, 2.24) is 9.88 Å². The van der Waals surface area contributed by atoms with E-state index in [1.807, 2.05) is 31.1 Å². The Bertz CT molecular complexity index is 545. The van der Waals surface area contributed by atoms with Crippen molar-refractivity contribution >= 4 is 17.7 Å².